The molecule has 33 heavy (non-hydrogen) atoms. The molecule has 6 nitrogen and oxygen atoms in total. The average molecular weight is 448 g/mol. The van der Waals surface area contributed by atoms with Crippen LogP contribution in [0.4, 0.5) is 20.6 Å². The lowest BCUT2D eigenvalue weighted by atomic mass is 10.1. The molecule has 0 atom stereocenters. The van der Waals surface area contributed by atoms with E-state index in [1.807, 2.05) is 18.2 Å². The van der Waals surface area contributed by atoms with Gasteiger partial charge in [0.2, 0.25) is 0 Å². The molecule has 0 aliphatic carbocycles. The molecule has 3 aromatic rings. The lowest BCUT2D eigenvalue weighted by molar-refractivity contribution is 0.102. The Balaban J connectivity index is 1.45. The van der Waals surface area contributed by atoms with E-state index in [1.165, 1.54) is 12.1 Å². The highest BCUT2D eigenvalue weighted by Crippen LogP contribution is 2.23. The Kier molecular flexibility index (Phi) is 7.00. The number of halogens is 1. The molecule has 1 heterocycles. The molecule has 2 N–H and O–H groups in total. The number of amides is 3. The van der Waals surface area contributed by atoms with Crippen LogP contribution in [0.25, 0.3) is 0 Å². The molecule has 0 bridgehead atoms. The average Bonchev–Trinajstić information content (AvgIpc) is 2.83. The summed E-state index contributed by atoms with van der Waals surface area (Å²) < 4.78 is 13.2. The third-order valence-corrected chi connectivity index (χ3v) is 5.63. The number of nitrogens with zero attached hydrogens (tertiary/aromatic N) is 2. The van der Waals surface area contributed by atoms with E-state index in [9.17, 15) is 14.0 Å². The van der Waals surface area contributed by atoms with Crippen molar-refractivity contribution in [3.8, 4) is 0 Å². The molecule has 3 aromatic carbocycles. The molecule has 1 fully saturated rings. The van der Waals surface area contributed by atoms with Gasteiger partial charge in [-0.25, -0.2) is 9.18 Å². The van der Waals surface area contributed by atoms with Gasteiger partial charge in [0.1, 0.15) is 5.82 Å². The minimum Gasteiger partial charge on any atom is -0.396 e. The van der Waals surface area contributed by atoms with Crippen molar-refractivity contribution in [1.82, 2.24) is 4.90 Å². The maximum atomic E-state index is 13.2. The molecule has 0 saturated carbocycles. The monoisotopic (exact) mass is 447 g/mol. The fraction of sp³-hybridized carbons (Fsp3) is 0.231. The van der Waals surface area contributed by atoms with Gasteiger partial charge in [0, 0.05) is 43.2 Å². The Morgan fingerprint density at radius 3 is 2.42 bits per heavy atom. The van der Waals surface area contributed by atoms with E-state index in [-0.39, 0.29) is 24.4 Å². The second kappa shape index (κ2) is 10.3. The largest absolute Gasteiger partial charge is 0.396 e. The summed E-state index contributed by atoms with van der Waals surface area (Å²) in [5.41, 5.74) is 3.63. The number of rotatable bonds is 7. The first-order chi connectivity index (χ1) is 16.0. The van der Waals surface area contributed by atoms with Crippen LogP contribution in [0.1, 0.15) is 27.9 Å². The van der Waals surface area contributed by atoms with E-state index in [2.05, 4.69) is 5.32 Å². The van der Waals surface area contributed by atoms with Gasteiger partial charge in [0.25, 0.3) is 5.91 Å². The third-order valence-electron chi connectivity index (χ3n) is 5.63. The summed E-state index contributed by atoms with van der Waals surface area (Å²) >= 11 is 0. The molecule has 0 unspecified atom stereocenters. The van der Waals surface area contributed by atoms with E-state index in [0.29, 0.717) is 43.0 Å². The maximum Gasteiger partial charge on any atom is 0.324 e. The molecule has 1 aliphatic heterocycles. The summed E-state index contributed by atoms with van der Waals surface area (Å²) in [5, 5.41) is 11.9. The smallest absolute Gasteiger partial charge is 0.324 e. The second-order valence-corrected chi connectivity index (χ2v) is 8.01. The number of benzene rings is 3. The highest BCUT2D eigenvalue weighted by Gasteiger charge is 2.27. The van der Waals surface area contributed by atoms with Crippen LogP contribution in [0.2, 0.25) is 0 Å². The molecular formula is C26H26FN3O3. The van der Waals surface area contributed by atoms with Crippen LogP contribution >= 0.6 is 0 Å². The van der Waals surface area contributed by atoms with Crippen LogP contribution in [0.15, 0.2) is 72.8 Å². The van der Waals surface area contributed by atoms with Crippen molar-refractivity contribution in [2.45, 2.75) is 19.4 Å². The Morgan fingerprint density at radius 2 is 1.70 bits per heavy atom. The summed E-state index contributed by atoms with van der Waals surface area (Å²) in [5.74, 6) is -0.569. The van der Waals surface area contributed by atoms with Crippen molar-refractivity contribution >= 4 is 23.3 Å². The highest BCUT2D eigenvalue weighted by atomic mass is 19.1. The number of hydrogen-bond donors (Lipinski definition) is 2. The molecule has 1 aliphatic rings. The van der Waals surface area contributed by atoms with Crippen molar-refractivity contribution < 1.29 is 19.1 Å². The molecular weight excluding hydrogens is 421 g/mol. The molecule has 0 radical (unpaired) electrons. The third kappa shape index (κ3) is 5.56. The van der Waals surface area contributed by atoms with Gasteiger partial charge in [-0.3, -0.25) is 9.69 Å². The van der Waals surface area contributed by atoms with E-state index in [0.717, 1.165) is 17.5 Å². The van der Waals surface area contributed by atoms with Gasteiger partial charge in [-0.05, 0) is 66.4 Å². The number of carbonyl (C=O) groups is 2. The fourth-order valence-corrected chi connectivity index (χ4v) is 3.88. The standard InChI is InChI=1S/C26H26FN3O3/c27-22-9-5-20(6-10-22)18-29-14-2-15-30(26(29)33)24-4-1-3-21(17-24)25(32)28-23-11-7-19(8-12-23)13-16-31/h1,3-12,17,31H,2,13-16,18H2,(H,28,32). The first-order valence-electron chi connectivity index (χ1n) is 11.0. The Hall–Kier alpha value is -3.71. The molecule has 0 spiro atoms. The zero-order valence-electron chi connectivity index (χ0n) is 18.2. The van der Waals surface area contributed by atoms with Crippen LogP contribution in [0.5, 0.6) is 0 Å². The van der Waals surface area contributed by atoms with Gasteiger partial charge in [-0.2, -0.15) is 0 Å². The van der Waals surface area contributed by atoms with Crippen molar-refractivity contribution in [3.63, 3.8) is 0 Å². The Labute approximate surface area is 192 Å². The highest BCUT2D eigenvalue weighted by molar-refractivity contribution is 6.05. The van der Waals surface area contributed by atoms with Crippen LogP contribution in [0, 0.1) is 5.82 Å². The van der Waals surface area contributed by atoms with E-state index in [1.54, 1.807) is 52.3 Å². The number of nitrogens with one attached hydrogen (secondary N) is 1. The van der Waals surface area contributed by atoms with Gasteiger partial charge in [-0.1, -0.05) is 30.3 Å². The van der Waals surface area contributed by atoms with E-state index < -0.39 is 0 Å². The quantitative estimate of drug-likeness (QED) is 0.562. The predicted octanol–water partition coefficient (Wildman–Crippen LogP) is 4.45. The van der Waals surface area contributed by atoms with Gasteiger partial charge >= 0.3 is 6.03 Å². The molecule has 1 saturated heterocycles. The summed E-state index contributed by atoms with van der Waals surface area (Å²) in [6.45, 7) is 1.67. The molecule has 4 rings (SSSR count). The number of hydrogen-bond acceptors (Lipinski definition) is 3. The minimum absolute atomic E-state index is 0.0784. The van der Waals surface area contributed by atoms with E-state index in [4.69, 9.17) is 5.11 Å². The van der Waals surface area contributed by atoms with Crippen molar-refractivity contribution in [3.05, 3.63) is 95.3 Å². The maximum absolute atomic E-state index is 13.2. The second-order valence-electron chi connectivity index (χ2n) is 8.01. The Morgan fingerprint density at radius 1 is 0.970 bits per heavy atom. The number of urea groups is 1. The van der Waals surface area contributed by atoms with Crippen molar-refractivity contribution in [1.29, 1.82) is 0 Å². The van der Waals surface area contributed by atoms with Crippen LogP contribution in [-0.4, -0.2) is 41.6 Å². The number of aliphatic hydroxyl groups is 1. The number of carbonyl (C=O) groups excluding carboxylic acids is 2. The lowest BCUT2D eigenvalue weighted by Gasteiger charge is -2.35. The van der Waals surface area contributed by atoms with Gasteiger partial charge in [0.05, 0.1) is 0 Å². The summed E-state index contributed by atoms with van der Waals surface area (Å²) in [6.07, 6.45) is 1.36. The summed E-state index contributed by atoms with van der Waals surface area (Å²) in [4.78, 5) is 29.3. The SMILES string of the molecule is O=C(Nc1ccc(CCO)cc1)c1cccc(N2CCCN(Cc3ccc(F)cc3)C2=O)c1. The summed E-state index contributed by atoms with van der Waals surface area (Å²) in [7, 11) is 0. The first kappa shape index (κ1) is 22.5. The molecule has 7 heteroatoms. The number of aliphatic hydroxyl groups excluding tert-OH is 1. The molecule has 3 amide bonds. The normalized spacial score (nSPS) is 13.8. The van der Waals surface area contributed by atoms with Crippen LogP contribution < -0.4 is 10.2 Å². The zero-order chi connectivity index (χ0) is 23.2. The fourth-order valence-electron chi connectivity index (χ4n) is 3.88. The van der Waals surface area contributed by atoms with Gasteiger partial charge in [0.15, 0.2) is 0 Å². The van der Waals surface area contributed by atoms with Gasteiger partial charge in [-0.15, -0.1) is 0 Å². The topological polar surface area (TPSA) is 72.9 Å². The van der Waals surface area contributed by atoms with Crippen molar-refractivity contribution in [2.75, 3.05) is 29.9 Å². The predicted molar refractivity (Wildman–Crippen MR) is 126 cm³/mol. The first-order valence-corrected chi connectivity index (χ1v) is 11.0. The van der Waals surface area contributed by atoms with Crippen molar-refractivity contribution in [2.24, 2.45) is 0 Å². The minimum atomic E-state index is -0.304. The van der Waals surface area contributed by atoms with E-state index >= 15 is 0 Å². The molecule has 170 valence electrons. The van der Waals surface area contributed by atoms with Gasteiger partial charge < -0.3 is 15.3 Å². The van der Waals surface area contributed by atoms with Crippen LogP contribution in [-0.2, 0) is 13.0 Å². The number of anilines is 2. The van der Waals surface area contributed by atoms with Crippen LogP contribution in [0.3, 0.4) is 0 Å². The molecule has 0 aromatic heterocycles. The summed E-state index contributed by atoms with van der Waals surface area (Å²) in [6, 6.07) is 20.4. The zero-order valence-corrected chi connectivity index (χ0v) is 18.2. The Bertz CT molecular complexity index is 1120. The lowest BCUT2D eigenvalue weighted by Crippen LogP contribution is -2.49.